The summed E-state index contributed by atoms with van der Waals surface area (Å²) in [5.74, 6) is -0.962. The third-order valence-electron chi connectivity index (χ3n) is 2.75. The van der Waals surface area contributed by atoms with Crippen LogP contribution >= 0.6 is 15.9 Å². The quantitative estimate of drug-likeness (QED) is 0.861. The Kier molecular flexibility index (Phi) is 3.85. The van der Waals surface area contributed by atoms with Crippen molar-refractivity contribution in [2.45, 2.75) is 0 Å². The molecule has 0 saturated heterocycles. The Balaban J connectivity index is 2.30. The average molecular weight is 323 g/mol. The van der Waals surface area contributed by atoms with Gasteiger partial charge in [-0.3, -0.25) is 4.79 Å². The number of nitrogens with zero attached hydrogens (tertiary/aromatic N) is 1. The second-order valence-corrected chi connectivity index (χ2v) is 5.00. The minimum atomic E-state index is -0.554. The first-order valence-electron chi connectivity index (χ1n) is 5.57. The van der Waals surface area contributed by atoms with Crippen LogP contribution in [0.2, 0.25) is 0 Å². The molecule has 0 saturated carbocycles. The molecule has 2 N–H and O–H groups in total. The van der Waals surface area contributed by atoms with Crippen molar-refractivity contribution < 1.29 is 9.18 Å². The van der Waals surface area contributed by atoms with Crippen molar-refractivity contribution in [3.05, 3.63) is 58.3 Å². The van der Waals surface area contributed by atoms with Gasteiger partial charge in [0.1, 0.15) is 5.82 Å². The number of carbonyl (C=O) groups is 1. The molecule has 1 amide bonds. The van der Waals surface area contributed by atoms with Gasteiger partial charge in [0.05, 0.1) is 5.56 Å². The van der Waals surface area contributed by atoms with Crippen LogP contribution in [-0.2, 0) is 0 Å². The van der Waals surface area contributed by atoms with E-state index in [1.807, 2.05) is 0 Å². The molecule has 2 aromatic rings. The number of rotatable bonds is 2. The van der Waals surface area contributed by atoms with Gasteiger partial charge in [0.2, 0.25) is 0 Å². The number of nitrogen functional groups attached to an aromatic ring is 1. The Morgan fingerprint density at radius 1 is 1.21 bits per heavy atom. The highest BCUT2D eigenvalue weighted by molar-refractivity contribution is 9.10. The fourth-order valence-electron chi connectivity index (χ4n) is 1.66. The number of anilines is 2. The topological polar surface area (TPSA) is 46.3 Å². The van der Waals surface area contributed by atoms with Crippen molar-refractivity contribution in [2.24, 2.45) is 0 Å². The average Bonchev–Trinajstić information content (AvgIpc) is 2.38. The first-order chi connectivity index (χ1) is 8.99. The Morgan fingerprint density at radius 3 is 2.42 bits per heavy atom. The molecule has 0 unspecified atom stereocenters. The van der Waals surface area contributed by atoms with Crippen LogP contribution in [0, 0.1) is 5.82 Å². The summed E-state index contributed by atoms with van der Waals surface area (Å²) in [7, 11) is 1.59. The molecular formula is C14H12BrFN2O. The lowest BCUT2D eigenvalue weighted by atomic mass is 10.1. The van der Waals surface area contributed by atoms with E-state index in [-0.39, 0.29) is 5.56 Å². The number of benzene rings is 2. The number of hydrogen-bond donors (Lipinski definition) is 1. The fraction of sp³-hybridized carbons (Fsp3) is 0.0714. The lowest BCUT2D eigenvalue weighted by Crippen LogP contribution is -2.27. The van der Waals surface area contributed by atoms with E-state index in [2.05, 4.69) is 15.9 Å². The molecule has 3 nitrogen and oxygen atoms in total. The minimum Gasteiger partial charge on any atom is -0.399 e. The third kappa shape index (κ3) is 2.93. The number of nitrogens with two attached hydrogens (primary N) is 1. The zero-order valence-corrected chi connectivity index (χ0v) is 11.8. The van der Waals surface area contributed by atoms with Crippen LogP contribution in [0.4, 0.5) is 15.8 Å². The van der Waals surface area contributed by atoms with E-state index in [1.165, 1.54) is 17.0 Å². The summed E-state index contributed by atoms with van der Waals surface area (Å²) in [5.41, 5.74) is 6.88. The summed E-state index contributed by atoms with van der Waals surface area (Å²) in [6, 6.07) is 11.2. The van der Waals surface area contributed by atoms with Gasteiger partial charge in [0, 0.05) is 22.9 Å². The molecule has 0 aliphatic heterocycles. The van der Waals surface area contributed by atoms with Crippen LogP contribution in [-0.4, -0.2) is 13.0 Å². The lowest BCUT2D eigenvalue weighted by molar-refractivity contribution is 0.0989. The fourth-order valence-corrected chi connectivity index (χ4v) is 1.99. The van der Waals surface area contributed by atoms with Crippen LogP contribution < -0.4 is 10.6 Å². The zero-order valence-electron chi connectivity index (χ0n) is 10.2. The van der Waals surface area contributed by atoms with Crippen molar-refractivity contribution in [3.63, 3.8) is 0 Å². The highest BCUT2D eigenvalue weighted by Crippen LogP contribution is 2.20. The molecule has 5 heteroatoms. The van der Waals surface area contributed by atoms with E-state index in [1.54, 1.807) is 37.4 Å². The molecule has 0 atom stereocenters. The summed E-state index contributed by atoms with van der Waals surface area (Å²) >= 11 is 3.16. The molecule has 2 rings (SSSR count). The van der Waals surface area contributed by atoms with Crippen LogP contribution in [0.15, 0.2) is 46.9 Å². The molecule has 0 aromatic heterocycles. The molecule has 2 aromatic carbocycles. The molecule has 0 fully saturated rings. The van der Waals surface area contributed by atoms with Crippen LogP contribution in [0.3, 0.4) is 0 Å². The Bertz CT molecular complexity index is 613. The Labute approximate surface area is 119 Å². The van der Waals surface area contributed by atoms with Gasteiger partial charge in [-0.15, -0.1) is 0 Å². The first-order valence-corrected chi connectivity index (χ1v) is 6.37. The maximum absolute atomic E-state index is 13.7. The van der Waals surface area contributed by atoms with Gasteiger partial charge >= 0.3 is 0 Å². The van der Waals surface area contributed by atoms with E-state index in [0.717, 1.165) is 0 Å². The van der Waals surface area contributed by atoms with Crippen LogP contribution in [0.1, 0.15) is 10.4 Å². The van der Waals surface area contributed by atoms with Crippen molar-refractivity contribution >= 4 is 33.2 Å². The summed E-state index contributed by atoms with van der Waals surface area (Å²) in [6.07, 6.45) is 0. The second kappa shape index (κ2) is 5.40. The largest absolute Gasteiger partial charge is 0.399 e. The normalized spacial score (nSPS) is 10.3. The molecule has 98 valence electrons. The van der Waals surface area contributed by atoms with Gasteiger partial charge < -0.3 is 10.6 Å². The second-order valence-electron chi connectivity index (χ2n) is 4.08. The number of hydrogen-bond acceptors (Lipinski definition) is 2. The monoisotopic (exact) mass is 322 g/mol. The van der Waals surface area contributed by atoms with Gasteiger partial charge in [-0.05, 0) is 42.5 Å². The summed E-state index contributed by atoms with van der Waals surface area (Å²) < 4.78 is 14.3. The predicted octanol–water partition coefficient (Wildman–Crippen LogP) is 3.45. The summed E-state index contributed by atoms with van der Waals surface area (Å²) in [5, 5.41) is 0. The van der Waals surface area contributed by atoms with E-state index in [0.29, 0.717) is 15.8 Å². The van der Waals surface area contributed by atoms with Crippen molar-refractivity contribution in [3.8, 4) is 0 Å². The number of amides is 1. The molecule has 0 aliphatic rings. The minimum absolute atomic E-state index is 0.0301. The zero-order chi connectivity index (χ0) is 14.0. The molecule has 0 radical (unpaired) electrons. The Morgan fingerprint density at radius 2 is 1.84 bits per heavy atom. The van der Waals surface area contributed by atoms with Crippen molar-refractivity contribution in [1.82, 2.24) is 0 Å². The smallest absolute Gasteiger partial charge is 0.260 e. The van der Waals surface area contributed by atoms with Gasteiger partial charge in [-0.25, -0.2) is 4.39 Å². The first kappa shape index (κ1) is 13.5. The van der Waals surface area contributed by atoms with E-state index in [9.17, 15) is 9.18 Å². The third-order valence-corrected chi connectivity index (χ3v) is 3.24. The SMILES string of the molecule is CN(C(=O)c1ccc(Br)cc1F)c1ccc(N)cc1. The van der Waals surface area contributed by atoms with Crippen molar-refractivity contribution in [1.29, 1.82) is 0 Å². The summed E-state index contributed by atoms with van der Waals surface area (Å²) in [6.45, 7) is 0. The molecule has 0 spiro atoms. The maximum Gasteiger partial charge on any atom is 0.260 e. The maximum atomic E-state index is 13.7. The van der Waals surface area contributed by atoms with E-state index < -0.39 is 11.7 Å². The highest BCUT2D eigenvalue weighted by Gasteiger charge is 2.17. The molecule has 19 heavy (non-hydrogen) atoms. The molecule has 0 bridgehead atoms. The van der Waals surface area contributed by atoms with Gasteiger partial charge in [-0.1, -0.05) is 15.9 Å². The number of carbonyl (C=O) groups excluding carboxylic acids is 1. The molecule has 0 aliphatic carbocycles. The van der Waals surface area contributed by atoms with E-state index >= 15 is 0 Å². The van der Waals surface area contributed by atoms with Crippen LogP contribution in [0.25, 0.3) is 0 Å². The summed E-state index contributed by atoms with van der Waals surface area (Å²) in [4.78, 5) is 13.6. The van der Waals surface area contributed by atoms with Crippen LogP contribution in [0.5, 0.6) is 0 Å². The highest BCUT2D eigenvalue weighted by atomic mass is 79.9. The predicted molar refractivity (Wildman–Crippen MR) is 77.7 cm³/mol. The standard InChI is InChI=1S/C14H12BrFN2O/c1-18(11-5-3-10(17)4-6-11)14(19)12-7-2-9(15)8-13(12)16/h2-8H,17H2,1H3. The van der Waals surface area contributed by atoms with Gasteiger partial charge in [-0.2, -0.15) is 0 Å². The molecule has 0 heterocycles. The van der Waals surface area contributed by atoms with Gasteiger partial charge in [0.15, 0.2) is 0 Å². The van der Waals surface area contributed by atoms with E-state index in [4.69, 9.17) is 5.73 Å². The molecular weight excluding hydrogens is 311 g/mol. The Hall–Kier alpha value is -1.88. The number of halogens is 2. The van der Waals surface area contributed by atoms with Crippen molar-refractivity contribution in [2.75, 3.05) is 17.7 Å². The lowest BCUT2D eigenvalue weighted by Gasteiger charge is -2.18. The van der Waals surface area contributed by atoms with Gasteiger partial charge in [0.25, 0.3) is 5.91 Å².